The van der Waals surface area contributed by atoms with Gasteiger partial charge < -0.3 is 15.0 Å². The van der Waals surface area contributed by atoms with E-state index in [9.17, 15) is 0 Å². The number of hydrogen-bond acceptors (Lipinski definition) is 5. The normalized spacial score (nSPS) is 23.3. The zero-order chi connectivity index (χ0) is 12.6. The van der Waals surface area contributed by atoms with Crippen molar-refractivity contribution in [2.24, 2.45) is 0 Å². The van der Waals surface area contributed by atoms with E-state index < -0.39 is 0 Å². The maximum absolute atomic E-state index is 5.55. The fourth-order valence-electron chi connectivity index (χ4n) is 2.25. The van der Waals surface area contributed by atoms with Crippen LogP contribution in [0, 0.1) is 0 Å². The van der Waals surface area contributed by atoms with E-state index in [0.29, 0.717) is 0 Å². The van der Waals surface area contributed by atoms with E-state index in [1.807, 2.05) is 17.5 Å². The quantitative estimate of drug-likeness (QED) is 0.905. The fourth-order valence-corrected chi connectivity index (χ4v) is 3.30. The summed E-state index contributed by atoms with van der Waals surface area (Å²) >= 11 is 1.81. The van der Waals surface area contributed by atoms with E-state index in [4.69, 9.17) is 4.74 Å². The summed E-state index contributed by atoms with van der Waals surface area (Å²) in [5, 5.41) is 4.67. The summed E-state index contributed by atoms with van der Waals surface area (Å²) in [6, 6.07) is 0.760. The predicted molar refractivity (Wildman–Crippen MR) is 74.2 cm³/mol. The van der Waals surface area contributed by atoms with Gasteiger partial charge in [-0.2, -0.15) is 0 Å². The topological polar surface area (TPSA) is 37.4 Å². The van der Waals surface area contributed by atoms with Gasteiger partial charge in [-0.05, 0) is 26.7 Å². The average Bonchev–Trinajstić information content (AvgIpc) is 3.05. The molecule has 0 aromatic carbocycles. The fraction of sp³-hybridized carbons (Fsp3) is 0.769. The first-order chi connectivity index (χ1) is 8.65. The first-order valence-electron chi connectivity index (χ1n) is 6.69. The van der Waals surface area contributed by atoms with Crippen LogP contribution in [-0.2, 0) is 11.3 Å². The standard InChI is InChI=1S/C13H21N3OS/c1-13(2)9-17-6-5-16(13)12-15-8-11(18-12)7-14-10-3-4-10/h8,10,14H,3-7,9H2,1-2H3. The molecule has 1 aliphatic carbocycles. The Kier molecular flexibility index (Phi) is 3.30. The zero-order valence-corrected chi connectivity index (χ0v) is 11.9. The van der Waals surface area contributed by atoms with Crippen LogP contribution in [-0.4, -0.2) is 36.3 Å². The van der Waals surface area contributed by atoms with E-state index in [1.54, 1.807) is 0 Å². The highest BCUT2D eigenvalue weighted by Crippen LogP contribution is 2.31. The third-order valence-corrected chi connectivity index (χ3v) is 4.58. The van der Waals surface area contributed by atoms with Crippen LogP contribution in [0.4, 0.5) is 5.13 Å². The number of hydrogen-bond donors (Lipinski definition) is 1. The predicted octanol–water partition coefficient (Wildman–Crippen LogP) is 2.01. The van der Waals surface area contributed by atoms with Crippen molar-refractivity contribution in [1.29, 1.82) is 0 Å². The van der Waals surface area contributed by atoms with Crippen LogP contribution in [0.3, 0.4) is 0 Å². The molecule has 2 heterocycles. The molecule has 1 aromatic heterocycles. The van der Waals surface area contributed by atoms with E-state index in [-0.39, 0.29) is 5.54 Å². The first-order valence-corrected chi connectivity index (χ1v) is 7.50. The highest BCUT2D eigenvalue weighted by atomic mass is 32.1. The number of morpholine rings is 1. The lowest BCUT2D eigenvalue weighted by molar-refractivity contribution is 0.0644. The molecule has 1 aromatic rings. The molecule has 100 valence electrons. The van der Waals surface area contributed by atoms with E-state index in [2.05, 4.69) is 29.0 Å². The second kappa shape index (κ2) is 4.79. The van der Waals surface area contributed by atoms with Gasteiger partial charge in [-0.25, -0.2) is 4.98 Å². The largest absolute Gasteiger partial charge is 0.377 e. The van der Waals surface area contributed by atoms with Crippen LogP contribution in [0.15, 0.2) is 6.20 Å². The Hall–Kier alpha value is -0.650. The van der Waals surface area contributed by atoms with Crippen molar-refractivity contribution in [1.82, 2.24) is 10.3 Å². The van der Waals surface area contributed by atoms with Crippen LogP contribution in [0.5, 0.6) is 0 Å². The molecule has 2 aliphatic rings. The SMILES string of the molecule is CC1(C)COCCN1c1ncc(CNC2CC2)s1. The molecule has 1 N–H and O–H groups in total. The van der Waals surface area contributed by atoms with Crippen molar-refractivity contribution in [3.05, 3.63) is 11.1 Å². The minimum atomic E-state index is 0.0529. The number of nitrogens with one attached hydrogen (secondary N) is 1. The van der Waals surface area contributed by atoms with Gasteiger partial charge in [-0.3, -0.25) is 0 Å². The molecule has 4 nitrogen and oxygen atoms in total. The van der Waals surface area contributed by atoms with Crippen molar-refractivity contribution in [2.75, 3.05) is 24.7 Å². The van der Waals surface area contributed by atoms with Crippen molar-refractivity contribution >= 4 is 16.5 Å². The van der Waals surface area contributed by atoms with Crippen molar-refractivity contribution in [3.63, 3.8) is 0 Å². The lowest BCUT2D eigenvalue weighted by atomic mass is 10.0. The zero-order valence-electron chi connectivity index (χ0n) is 11.1. The minimum Gasteiger partial charge on any atom is -0.377 e. The van der Waals surface area contributed by atoms with E-state index in [1.165, 1.54) is 17.7 Å². The Morgan fingerprint density at radius 1 is 1.56 bits per heavy atom. The second-order valence-electron chi connectivity index (χ2n) is 5.78. The molecule has 1 saturated carbocycles. The summed E-state index contributed by atoms with van der Waals surface area (Å²) in [4.78, 5) is 8.29. The first kappa shape index (κ1) is 12.4. The van der Waals surface area contributed by atoms with Gasteiger partial charge in [0.2, 0.25) is 0 Å². The molecule has 18 heavy (non-hydrogen) atoms. The van der Waals surface area contributed by atoms with Crippen molar-refractivity contribution < 1.29 is 4.74 Å². The highest BCUT2D eigenvalue weighted by Gasteiger charge is 2.32. The van der Waals surface area contributed by atoms with Gasteiger partial charge in [0, 0.05) is 30.2 Å². The van der Waals surface area contributed by atoms with Crippen LogP contribution < -0.4 is 10.2 Å². The molecule has 0 radical (unpaired) electrons. The number of anilines is 1. The molecule has 3 rings (SSSR count). The van der Waals surface area contributed by atoms with Crippen molar-refractivity contribution in [2.45, 2.75) is 44.8 Å². The Labute approximate surface area is 112 Å². The third-order valence-electron chi connectivity index (χ3n) is 3.56. The van der Waals surface area contributed by atoms with Crippen LogP contribution in [0.25, 0.3) is 0 Å². The summed E-state index contributed by atoms with van der Waals surface area (Å²) in [5.41, 5.74) is 0.0529. The molecular weight excluding hydrogens is 246 g/mol. The maximum Gasteiger partial charge on any atom is 0.186 e. The number of nitrogens with zero attached hydrogens (tertiary/aromatic N) is 2. The molecular formula is C13H21N3OS. The monoisotopic (exact) mass is 267 g/mol. The Morgan fingerprint density at radius 2 is 2.39 bits per heavy atom. The van der Waals surface area contributed by atoms with Crippen LogP contribution >= 0.6 is 11.3 Å². The molecule has 0 amide bonds. The minimum absolute atomic E-state index is 0.0529. The Morgan fingerprint density at radius 3 is 3.11 bits per heavy atom. The lowest BCUT2D eigenvalue weighted by Crippen LogP contribution is -2.53. The number of aromatic nitrogens is 1. The smallest absolute Gasteiger partial charge is 0.186 e. The molecule has 0 spiro atoms. The van der Waals surface area contributed by atoms with Crippen LogP contribution in [0.2, 0.25) is 0 Å². The third kappa shape index (κ3) is 2.68. The molecule has 0 bridgehead atoms. The summed E-state index contributed by atoms with van der Waals surface area (Å²) in [7, 11) is 0. The van der Waals surface area contributed by atoms with Crippen LogP contribution in [0.1, 0.15) is 31.6 Å². The van der Waals surface area contributed by atoms with Gasteiger partial charge in [0.25, 0.3) is 0 Å². The van der Waals surface area contributed by atoms with Gasteiger partial charge in [-0.1, -0.05) is 0 Å². The van der Waals surface area contributed by atoms with Gasteiger partial charge in [0.05, 0.1) is 18.8 Å². The Bertz CT molecular complexity index is 414. The summed E-state index contributed by atoms with van der Waals surface area (Å²) in [6.07, 6.45) is 4.69. The van der Waals surface area contributed by atoms with Gasteiger partial charge in [-0.15, -0.1) is 11.3 Å². The van der Waals surface area contributed by atoms with E-state index >= 15 is 0 Å². The van der Waals surface area contributed by atoms with Crippen molar-refractivity contribution in [3.8, 4) is 0 Å². The number of rotatable bonds is 4. The molecule has 2 fully saturated rings. The van der Waals surface area contributed by atoms with Gasteiger partial charge >= 0.3 is 0 Å². The number of thiazole rings is 1. The van der Waals surface area contributed by atoms with E-state index in [0.717, 1.165) is 37.5 Å². The van der Waals surface area contributed by atoms with Gasteiger partial charge in [0.15, 0.2) is 5.13 Å². The molecule has 0 unspecified atom stereocenters. The highest BCUT2D eigenvalue weighted by molar-refractivity contribution is 7.15. The molecule has 1 saturated heterocycles. The molecule has 0 atom stereocenters. The summed E-state index contributed by atoms with van der Waals surface area (Å²) < 4.78 is 5.55. The Balaban J connectivity index is 1.67. The molecule has 1 aliphatic heterocycles. The molecule has 5 heteroatoms. The lowest BCUT2D eigenvalue weighted by Gasteiger charge is -2.41. The summed E-state index contributed by atoms with van der Waals surface area (Å²) in [5.74, 6) is 0. The second-order valence-corrected chi connectivity index (χ2v) is 6.87. The summed E-state index contributed by atoms with van der Waals surface area (Å²) in [6.45, 7) is 7.93. The number of ether oxygens (including phenoxy) is 1. The maximum atomic E-state index is 5.55. The average molecular weight is 267 g/mol. The van der Waals surface area contributed by atoms with Gasteiger partial charge in [0.1, 0.15) is 0 Å².